The van der Waals surface area contributed by atoms with Crippen molar-refractivity contribution in [1.82, 2.24) is 4.98 Å². The molecule has 5 aromatic rings. The highest BCUT2D eigenvalue weighted by molar-refractivity contribution is 5.93. The lowest BCUT2D eigenvalue weighted by molar-refractivity contribution is 0.632. The Labute approximate surface area is 211 Å². The first-order chi connectivity index (χ1) is 17.6. The third-order valence-corrected chi connectivity index (χ3v) is 7.14. The van der Waals surface area contributed by atoms with Gasteiger partial charge >= 0.3 is 0 Å². The number of para-hydroxylation sites is 3. The Morgan fingerprint density at radius 1 is 0.667 bits per heavy atom. The van der Waals surface area contributed by atoms with Crippen molar-refractivity contribution in [2.45, 2.75) is 19.3 Å². The molecule has 1 aliphatic rings. The molecule has 2 heterocycles. The maximum atomic E-state index is 9.34. The van der Waals surface area contributed by atoms with E-state index in [0.717, 1.165) is 28.1 Å². The van der Waals surface area contributed by atoms with E-state index in [-0.39, 0.29) is 5.41 Å². The van der Waals surface area contributed by atoms with E-state index in [1.54, 1.807) is 12.3 Å². The summed E-state index contributed by atoms with van der Waals surface area (Å²) < 4.78 is 0. The third-order valence-electron chi connectivity index (χ3n) is 7.14. The maximum Gasteiger partial charge on any atom is 0.0992 e. The molecule has 0 saturated heterocycles. The van der Waals surface area contributed by atoms with Gasteiger partial charge in [-0.05, 0) is 53.1 Å². The Balaban J connectivity index is 1.55. The highest BCUT2D eigenvalue weighted by atomic mass is 15.2. The molecule has 0 fully saturated rings. The monoisotopic (exact) mass is 463 g/mol. The van der Waals surface area contributed by atoms with Crippen LogP contribution in [0, 0.1) is 11.3 Å². The van der Waals surface area contributed by atoms with E-state index in [1.165, 1.54) is 22.5 Å². The minimum Gasteiger partial charge on any atom is -0.309 e. The summed E-state index contributed by atoms with van der Waals surface area (Å²) in [5, 5.41) is 9.34. The Hall–Kier alpha value is -4.68. The molecule has 6 rings (SSSR count). The standard InChI is InChI=1S/C33H25N3/c1-33(2)27-13-4-7-16-31(27)36(32-17-8-5-14-28(32)33)30-15-6-3-12-26(30)24-10-9-11-25(21-24)29-20-23(22-34)18-19-35-29/h3-21H,1-2H3. The molecule has 0 N–H and O–H groups in total. The lowest BCUT2D eigenvalue weighted by atomic mass is 9.73. The summed E-state index contributed by atoms with van der Waals surface area (Å²) in [6.45, 7) is 4.61. The van der Waals surface area contributed by atoms with Crippen molar-refractivity contribution >= 4 is 17.1 Å². The molecule has 0 amide bonds. The number of pyridine rings is 1. The van der Waals surface area contributed by atoms with E-state index >= 15 is 0 Å². The predicted molar refractivity (Wildman–Crippen MR) is 147 cm³/mol. The number of anilines is 3. The first-order valence-corrected chi connectivity index (χ1v) is 12.1. The van der Waals surface area contributed by atoms with Crippen molar-refractivity contribution in [3.8, 4) is 28.5 Å². The van der Waals surface area contributed by atoms with Crippen LogP contribution in [-0.2, 0) is 5.41 Å². The molecule has 36 heavy (non-hydrogen) atoms. The van der Waals surface area contributed by atoms with Gasteiger partial charge < -0.3 is 4.90 Å². The molecule has 3 nitrogen and oxygen atoms in total. The Morgan fingerprint density at radius 2 is 1.28 bits per heavy atom. The van der Waals surface area contributed by atoms with Gasteiger partial charge in [-0.3, -0.25) is 4.98 Å². The molecule has 0 atom stereocenters. The van der Waals surface area contributed by atoms with Gasteiger partial charge in [-0.2, -0.15) is 5.26 Å². The van der Waals surface area contributed by atoms with Gasteiger partial charge in [0.2, 0.25) is 0 Å². The molecule has 1 aromatic heterocycles. The molecule has 1 aliphatic heterocycles. The normalized spacial score (nSPS) is 13.4. The van der Waals surface area contributed by atoms with Gasteiger partial charge in [-0.25, -0.2) is 0 Å². The van der Waals surface area contributed by atoms with Crippen molar-refractivity contribution < 1.29 is 0 Å². The number of nitriles is 1. The highest BCUT2D eigenvalue weighted by Gasteiger charge is 2.36. The summed E-state index contributed by atoms with van der Waals surface area (Å²) in [5.41, 5.74) is 10.7. The van der Waals surface area contributed by atoms with Gasteiger partial charge in [0, 0.05) is 22.7 Å². The highest BCUT2D eigenvalue weighted by Crippen LogP contribution is 2.53. The fourth-order valence-electron chi connectivity index (χ4n) is 5.35. The molecule has 0 saturated carbocycles. The lowest BCUT2D eigenvalue weighted by Gasteiger charge is -2.42. The predicted octanol–water partition coefficient (Wildman–Crippen LogP) is 8.40. The fourth-order valence-corrected chi connectivity index (χ4v) is 5.35. The van der Waals surface area contributed by atoms with Gasteiger partial charge in [0.05, 0.1) is 34.4 Å². The molecule has 172 valence electrons. The number of nitrogens with zero attached hydrogens (tertiary/aromatic N) is 3. The van der Waals surface area contributed by atoms with Crippen LogP contribution in [0.2, 0.25) is 0 Å². The molecule has 0 bridgehead atoms. The molecule has 4 aromatic carbocycles. The summed E-state index contributed by atoms with van der Waals surface area (Å²) in [6.07, 6.45) is 1.69. The van der Waals surface area contributed by atoms with Crippen LogP contribution in [0.3, 0.4) is 0 Å². The Morgan fingerprint density at radius 3 is 1.97 bits per heavy atom. The minimum atomic E-state index is -0.101. The second-order valence-corrected chi connectivity index (χ2v) is 9.63. The molecule has 0 aliphatic carbocycles. The van der Waals surface area contributed by atoms with Crippen LogP contribution in [-0.4, -0.2) is 4.98 Å². The Bertz CT molecular complexity index is 1590. The first kappa shape index (κ1) is 21.8. The lowest BCUT2D eigenvalue weighted by Crippen LogP contribution is -2.30. The number of hydrogen-bond acceptors (Lipinski definition) is 3. The van der Waals surface area contributed by atoms with Crippen molar-refractivity contribution in [2.75, 3.05) is 4.90 Å². The SMILES string of the molecule is CC1(C)c2ccccc2N(c2ccccc2-c2cccc(-c3cc(C#N)ccn3)c2)c2ccccc21. The quantitative estimate of drug-likeness (QED) is 0.270. The van der Waals surface area contributed by atoms with E-state index < -0.39 is 0 Å². The van der Waals surface area contributed by atoms with Crippen LogP contribution in [0.15, 0.2) is 115 Å². The van der Waals surface area contributed by atoms with Crippen molar-refractivity contribution in [3.05, 3.63) is 132 Å². The van der Waals surface area contributed by atoms with Gasteiger partial charge in [-0.1, -0.05) is 86.6 Å². The molecule has 3 heteroatoms. The topological polar surface area (TPSA) is 39.9 Å². The van der Waals surface area contributed by atoms with Crippen LogP contribution in [0.4, 0.5) is 17.1 Å². The Kier molecular flexibility index (Phi) is 5.16. The van der Waals surface area contributed by atoms with Gasteiger partial charge in [-0.15, -0.1) is 0 Å². The molecule has 0 spiro atoms. The number of hydrogen-bond donors (Lipinski definition) is 0. The van der Waals surface area contributed by atoms with E-state index in [2.05, 4.69) is 121 Å². The van der Waals surface area contributed by atoms with Gasteiger partial charge in [0.25, 0.3) is 0 Å². The van der Waals surface area contributed by atoms with Crippen LogP contribution < -0.4 is 4.90 Å². The summed E-state index contributed by atoms with van der Waals surface area (Å²) in [7, 11) is 0. The zero-order valence-corrected chi connectivity index (χ0v) is 20.3. The number of aromatic nitrogens is 1. The van der Waals surface area contributed by atoms with E-state index in [1.807, 2.05) is 12.1 Å². The number of benzene rings is 4. The minimum absolute atomic E-state index is 0.101. The molecule has 0 unspecified atom stereocenters. The summed E-state index contributed by atoms with van der Waals surface area (Å²) >= 11 is 0. The van der Waals surface area contributed by atoms with Crippen LogP contribution in [0.25, 0.3) is 22.4 Å². The number of fused-ring (bicyclic) bond motifs is 2. The summed E-state index contributed by atoms with van der Waals surface area (Å²) in [5.74, 6) is 0. The van der Waals surface area contributed by atoms with Crippen molar-refractivity contribution in [1.29, 1.82) is 5.26 Å². The van der Waals surface area contributed by atoms with Crippen molar-refractivity contribution in [2.24, 2.45) is 0 Å². The average molecular weight is 464 g/mol. The van der Waals surface area contributed by atoms with Gasteiger partial charge in [0.1, 0.15) is 0 Å². The summed E-state index contributed by atoms with van der Waals surface area (Å²) in [4.78, 5) is 6.91. The van der Waals surface area contributed by atoms with Crippen molar-refractivity contribution in [3.63, 3.8) is 0 Å². The van der Waals surface area contributed by atoms with Crippen LogP contribution in [0.1, 0.15) is 30.5 Å². The zero-order valence-electron chi connectivity index (χ0n) is 20.3. The van der Waals surface area contributed by atoms with E-state index in [4.69, 9.17) is 0 Å². The second-order valence-electron chi connectivity index (χ2n) is 9.63. The average Bonchev–Trinajstić information content (AvgIpc) is 2.94. The smallest absolute Gasteiger partial charge is 0.0992 e. The largest absolute Gasteiger partial charge is 0.309 e. The van der Waals surface area contributed by atoms with Crippen LogP contribution >= 0.6 is 0 Å². The molecule has 0 radical (unpaired) electrons. The summed E-state index contributed by atoms with van der Waals surface area (Å²) in [6, 6.07) is 40.2. The van der Waals surface area contributed by atoms with E-state index in [0.29, 0.717) is 5.56 Å². The molecular weight excluding hydrogens is 438 g/mol. The maximum absolute atomic E-state index is 9.34. The van der Waals surface area contributed by atoms with Gasteiger partial charge in [0.15, 0.2) is 0 Å². The van der Waals surface area contributed by atoms with E-state index in [9.17, 15) is 5.26 Å². The zero-order chi connectivity index (χ0) is 24.7. The number of rotatable bonds is 3. The molecular formula is C33H25N3. The fraction of sp³-hybridized carbons (Fsp3) is 0.0909. The second kappa shape index (κ2) is 8.52. The third kappa shape index (κ3) is 3.47. The van der Waals surface area contributed by atoms with Crippen LogP contribution in [0.5, 0.6) is 0 Å². The first-order valence-electron chi connectivity index (χ1n) is 12.1.